The Morgan fingerprint density at radius 1 is 1.27 bits per heavy atom. The molecule has 7 nitrogen and oxygen atoms in total. The van der Waals surface area contributed by atoms with Gasteiger partial charge in [0.1, 0.15) is 10.7 Å². The molecule has 2 N–H and O–H groups in total. The van der Waals surface area contributed by atoms with Gasteiger partial charge in [0.2, 0.25) is 10.0 Å². The number of hydrogen-bond donors (Lipinski definition) is 2. The van der Waals surface area contributed by atoms with Gasteiger partial charge in [0.25, 0.3) is 0 Å². The third-order valence-corrected chi connectivity index (χ3v) is 6.41. The maximum atomic E-state index is 12.8. The van der Waals surface area contributed by atoms with E-state index >= 15 is 0 Å². The molecule has 1 fully saturated rings. The molecule has 0 atom stereocenters. The lowest BCUT2D eigenvalue weighted by Gasteiger charge is -2.26. The van der Waals surface area contributed by atoms with E-state index in [0.29, 0.717) is 43.6 Å². The van der Waals surface area contributed by atoms with Crippen molar-refractivity contribution in [2.75, 3.05) is 31.6 Å². The minimum atomic E-state index is -3.70. The van der Waals surface area contributed by atoms with E-state index in [1.165, 1.54) is 16.4 Å². The van der Waals surface area contributed by atoms with Gasteiger partial charge in [0.05, 0.1) is 31.0 Å². The van der Waals surface area contributed by atoms with E-state index in [1.54, 1.807) is 18.4 Å². The van der Waals surface area contributed by atoms with Crippen LogP contribution in [0, 0.1) is 0 Å². The number of sulfonamides is 1. The lowest BCUT2D eigenvalue weighted by molar-refractivity contribution is 0.0730. The molecule has 0 spiro atoms. The van der Waals surface area contributed by atoms with Gasteiger partial charge in [-0.1, -0.05) is 11.6 Å². The summed E-state index contributed by atoms with van der Waals surface area (Å²) < 4.78 is 37.4. The van der Waals surface area contributed by atoms with Crippen molar-refractivity contribution in [1.29, 1.82) is 0 Å². The molecule has 1 saturated heterocycles. The molecule has 0 unspecified atom stereocenters. The number of furan rings is 1. The minimum Gasteiger partial charge on any atom is -0.467 e. The topological polar surface area (TPSA) is 83.8 Å². The normalized spacial score (nSPS) is 15.6. The fraction of sp³-hybridized carbons (Fsp3) is 0.312. The van der Waals surface area contributed by atoms with Crippen LogP contribution < -0.4 is 10.6 Å². The molecular weight excluding hydrogens is 398 g/mol. The second-order valence-corrected chi connectivity index (χ2v) is 8.27. The van der Waals surface area contributed by atoms with E-state index in [1.807, 2.05) is 6.07 Å². The van der Waals surface area contributed by atoms with Crippen LogP contribution >= 0.6 is 23.8 Å². The number of nitrogens with zero attached hydrogens (tertiary/aromatic N) is 1. The maximum Gasteiger partial charge on any atom is 0.244 e. The van der Waals surface area contributed by atoms with Crippen molar-refractivity contribution in [3.63, 3.8) is 0 Å². The average molecular weight is 416 g/mol. The Bertz CT molecular complexity index is 866. The Balaban J connectivity index is 1.71. The number of halogens is 1. The van der Waals surface area contributed by atoms with Gasteiger partial charge in [-0.3, -0.25) is 0 Å². The Labute approximate surface area is 162 Å². The third-order valence-electron chi connectivity index (χ3n) is 3.78. The van der Waals surface area contributed by atoms with Crippen LogP contribution in [-0.2, 0) is 21.3 Å². The van der Waals surface area contributed by atoms with Gasteiger partial charge in [-0.25, -0.2) is 8.42 Å². The summed E-state index contributed by atoms with van der Waals surface area (Å²) in [5.41, 5.74) is 0.526. The Kier molecular flexibility index (Phi) is 6.15. The molecule has 0 radical (unpaired) electrons. The summed E-state index contributed by atoms with van der Waals surface area (Å²) in [6.07, 6.45) is 1.58. The van der Waals surface area contributed by atoms with Crippen molar-refractivity contribution < 1.29 is 17.6 Å². The second-order valence-electron chi connectivity index (χ2n) is 5.55. The van der Waals surface area contributed by atoms with Crippen LogP contribution in [0.15, 0.2) is 45.9 Å². The molecule has 10 heteroatoms. The SMILES string of the molecule is O=S(=O)(c1cc(NC(=S)NCc2ccco2)ccc1Cl)N1CCOCC1. The first-order chi connectivity index (χ1) is 12.5. The van der Waals surface area contributed by atoms with Gasteiger partial charge in [-0.05, 0) is 42.5 Å². The molecule has 1 aromatic heterocycles. The highest BCUT2D eigenvalue weighted by molar-refractivity contribution is 7.89. The first kappa shape index (κ1) is 19.1. The number of rotatable bonds is 5. The van der Waals surface area contributed by atoms with Gasteiger partial charge in [-0.15, -0.1) is 0 Å². The fourth-order valence-corrected chi connectivity index (χ4v) is 4.56. The molecule has 140 valence electrons. The van der Waals surface area contributed by atoms with Gasteiger partial charge in [0, 0.05) is 18.8 Å². The number of ether oxygens (including phenoxy) is 1. The average Bonchev–Trinajstić information content (AvgIpc) is 3.16. The van der Waals surface area contributed by atoms with Crippen molar-refractivity contribution >= 4 is 44.6 Å². The van der Waals surface area contributed by atoms with E-state index in [9.17, 15) is 8.42 Å². The van der Waals surface area contributed by atoms with Crippen molar-refractivity contribution in [2.45, 2.75) is 11.4 Å². The molecule has 0 bridgehead atoms. The first-order valence-corrected chi connectivity index (χ1v) is 10.1. The van der Waals surface area contributed by atoms with Gasteiger partial charge < -0.3 is 19.8 Å². The summed E-state index contributed by atoms with van der Waals surface area (Å²) in [5.74, 6) is 0.737. The summed E-state index contributed by atoms with van der Waals surface area (Å²) in [4.78, 5) is 0.0416. The van der Waals surface area contributed by atoms with Crippen molar-refractivity contribution in [3.05, 3.63) is 47.4 Å². The molecule has 2 heterocycles. The van der Waals surface area contributed by atoms with Crippen LogP contribution in [0.5, 0.6) is 0 Å². The molecular formula is C16H18ClN3O4S2. The predicted octanol–water partition coefficient (Wildman–Crippen LogP) is 2.44. The van der Waals surface area contributed by atoms with Crippen molar-refractivity contribution in [1.82, 2.24) is 9.62 Å². The first-order valence-electron chi connectivity index (χ1n) is 7.91. The van der Waals surface area contributed by atoms with E-state index in [-0.39, 0.29) is 9.92 Å². The fourth-order valence-electron chi connectivity index (χ4n) is 2.46. The summed E-state index contributed by atoms with van der Waals surface area (Å²) in [7, 11) is -3.70. The highest BCUT2D eigenvalue weighted by Gasteiger charge is 2.28. The van der Waals surface area contributed by atoms with Crippen LogP contribution in [0.1, 0.15) is 5.76 Å². The van der Waals surface area contributed by atoms with E-state index in [4.69, 9.17) is 33.0 Å². The number of thiocarbonyl (C=S) groups is 1. The summed E-state index contributed by atoms with van der Waals surface area (Å²) >= 11 is 11.4. The smallest absolute Gasteiger partial charge is 0.244 e. The molecule has 1 aliphatic rings. The third kappa shape index (κ3) is 4.54. The lowest BCUT2D eigenvalue weighted by atomic mass is 10.3. The number of morpholine rings is 1. The maximum absolute atomic E-state index is 12.8. The molecule has 0 saturated carbocycles. The predicted molar refractivity (Wildman–Crippen MR) is 103 cm³/mol. The lowest BCUT2D eigenvalue weighted by Crippen LogP contribution is -2.40. The Morgan fingerprint density at radius 2 is 2.04 bits per heavy atom. The molecule has 1 aliphatic heterocycles. The minimum absolute atomic E-state index is 0.0416. The number of anilines is 1. The Hall–Kier alpha value is -1.65. The van der Waals surface area contributed by atoms with E-state index < -0.39 is 10.0 Å². The van der Waals surface area contributed by atoms with Crippen LogP contribution in [0.3, 0.4) is 0 Å². The zero-order chi connectivity index (χ0) is 18.6. The highest BCUT2D eigenvalue weighted by atomic mass is 35.5. The number of hydrogen-bond acceptors (Lipinski definition) is 5. The van der Waals surface area contributed by atoms with Crippen molar-refractivity contribution in [3.8, 4) is 0 Å². The highest BCUT2D eigenvalue weighted by Crippen LogP contribution is 2.28. The molecule has 26 heavy (non-hydrogen) atoms. The van der Waals surface area contributed by atoms with E-state index in [2.05, 4.69) is 10.6 Å². The summed E-state index contributed by atoms with van der Waals surface area (Å²) in [6, 6.07) is 8.29. The van der Waals surface area contributed by atoms with Crippen molar-refractivity contribution in [2.24, 2.45) is 0 Å². The van der Waals surface area contributed by atoms with Gasteiger partial charge in [0.15, 0.2) is 5.11 Å². The van der Waals surface area contributed by atoms with Crippen LogP contribution in [-0.4, -0.2) is 44.1 Å². The molecule has 3 rings (SSSR count). The zero-order valence-corrected chi connectivity index (χ0v) is 16.2. The van der Waals surface area contributed by atoms with Gasteiger partial charge >= 0.3 is 0 Å². The van der Waals surface area contributed by atoms with Crippen LogP contribution in [0.25, 0.3) is 0 Å². The molecule has 0 amide bonds. The van der Waals surface area contributed by atoms with Gasteiger partial charge in [-0.2, -0.15) is 4.31 Å². The largest absolute Gasteiger partial charge is 0.467 e. The molecule has 0 aliphatic carbocycles. The second kappa shape index (κ2) is 8.36. The number of benzene rings is 1. The molecule has 2 aromatic rings. The van der Waals surface area contributed by atoms with E-state index in [0.717, 1.165) is 5.76 Å². The quantitative estimate of drug-likeness (QED) is 0.725. The number of nitrogens with one attached hydrogen (secondary N) is 2. The monoisotopic (exact) mass is 415 g/mol. The van der Waals surface area contributed by atoms with Crippen LogP contribution in [0.4, 0.5) is 5.69 Å². The van der Waals surface area contributed by atoms with Crippen LogP contribution in [0.2, 0.25) is 5.02 Å². The summed E-state index contributed by atoms with van der Waals surface area (Å²) in [5, 5.41) is 6.46. The summed E-state index contributed by atoms with van der Waals surface area (Å²) in [6.45, 7) is 1.77. The Morgan fingerprint density at radius 3 is 2.73 bits per heavy atom. The zero-order valence-electron chi connectivity index (χ0n) is 13.8. The molecule has 1 aromatic carbocycles. The standard InChI is InChI=1S/C16H18ClN3O4S2/c17-14-4-3-12(19-16(25)18-11-13-2-1-7-24-13)10-15(14)26(21,22)20-5-8-23-9-6-20/h1-4,7,10H,5-6,8-9,11H2,(H2,18,19,25).